The Bertz CT molecular complexity index is 476. The Morgan fingerprint density at radius 3 is 2.04 bits per heavy atom. The first-order valence-electron chi connectivity index (χ1n) is 9.35. The van der Waals surface area contributed by atoms with Gasteiger partial charge in [-0.1, -0.05) is 53.9 Å². The molecule has 0 aromatic heterocycles. The van der Waals surface area contributed by atoms with Crippen LogP contribution >= 0.6 is 0 Å². The number of carbonyl (C=O) groups excluding carboxylic acids is 2. The highest BCUT2D eigenvalue weighted by Crippen LogP contribution is 2.23. The van der Waals surface area contributed by atoms with Crippen molar-refractivity contribution < 1.29 is 19.5 Å². The molecular weight excluding hydrogens is 320 g/mol. The van der Waals surface area contributed by atoms with Gasteiger partial charge in [0.25, 0.3) is 0 Å². The zero-order valence-electron chi connectivity index (χ0n) is 16.2. The SMILES string of the molecule is CC(C)[C@H](CC(=O)O)C(=O)NC(C(=O)NC1CCCCC1)C(C)(C)C. The van der Waals surface area contributed by atoms with Crippen LogP contribution in [0.4, 0.5) is 0 Å². The quantitative estimate of drug-likeness (QED) is 0.655. The van der Waals surface area contributed by atoms with E-state index in [0.717, 1.165) is 25.7 Å². The monoisotopic (exact) mass is 354 g/mol. The van der Waals surface area contributed by atoms with Crippen LogP contribution in [0.3, 0.4) is 0 Å². The van der Waals surface area contributed by atoms with E-state index >= 15 is 0 Å². The molecule has 0 saturated heterocycles. The van der Waals surface area contributed by atoms with Crippen molar-refractivity contribution in [1.29, 1.82) is 0 Å². The molecule has 1 fully saturated rings. The first-order valence-corrected chi connectivity index (χ1v) is 9.35. The molecule has 0 bridgehead atoms. The van der Waals surface area contributed by atoms with Gasteiger partial charge in [-0.05, 0) is 24.2 Å². The van der Waals surface area contributed by atoms with Crippen molar-refractivity contribution in [2.75, 3.05) is 0 Å². The van der Waals surface area contributed by atoms with Gasteiger partial charge in [-0.3, -0.25) is 14.4 Å². The molecule has 0 aromatic rings. The van der Waals surface area contributed by atoms with E-state index in [1.807, 2.05) is 34.6 Å². The molecule has 1 unspecified atom stereocenters. The minimum atomic E-state index is -1.01. The Morgan fingerprint density at radius 1 is 1.04 bits per heavy atom. The summed E-state index contributed by atoms with van der Waals surface area (Å²) >= 11 is 0. The number of rotatable bonds is 7. The lowest BCUT2D eigenvalue weighted by Gasteiger charge is -2.34. The Morgan fingerprint density at radius 2 is 1.60 bits per heavy atom. The molecule has 2 amide bonds. The van der Waals surface area contributed by atoms with E-state index in [1.54, 1.807) is 0 Å². The van der Waals surface area contributed by atoms with Crippen LogP contribution in [0.1, 0.15) is 73.1 Å². The Balaban J connectivity index is 2.82. The number of carbonyl (C=O) groups is 3. The highest BCUT2D eigenvalue weighted by Gasteiger charge is 2.36. The van der Waals surface area contributed by atoms with E-state index in [-0.39, 0.29) is 30.2 Å². The molecule has 6 nitrogen and oxygen atoms in total. The molecule has 144 valence electrons. The molecule has 0 spiro atoms. The molecule has 1 rings (SSSR count). The third kappa shape index (κ3) is 7.04. The van der Waals surface area contributed by atoms with E-state index in [1.165, 1.54) is 6.42 Å². The number of nitrogens with one attached hydrogen (secondary N) is 2. The van der Waals surface area contributed by atoms with Gasteiger partial charge in [0.15, 0.2) is 0 Å². The van der Waals surface area contributed by atoms with Gasteiger partial charge in [0.1, 0.15) is 6.04 Å². The molecule has 2 atom stereocenters. The summed E-state index contributed by atoms with van der Waals surface area (Å²) in [5.74, 6) is -2.31. The third-order valence-electron chi connectivity index (χ3n) is 4.90. The summed E-state index contributed by atoms with van der Waals surface area (Å²) in [7, 11) is 0. The highest BCUT2D eigenvalue weighted by atomic mass is 16.4. The third-order valence-corrected chi connectivity index (χ3v) is 4.90. The van der Waals surface area contributed by atoms with E-state index in [2.05, 4.69) is 10.6 Å². The molecule has 0 aliphatic heterocycles. The summed E-state index contributed by atoms with van der Waals surface area (Å²) < 4.78 is 0. The maximum Gasteiger partial charge on any atom is 0.304 e. The summed E-state index contributed by atoms with van der Waals surface area (Å²) in [4.78, 5) is 36.4. The fourth-order valence-electron chi connectivity index (χ4n) is 3.28. The topological polar surface area (TPSA) is 95.5 Å². The van der Waals surface area contributed by atoms with E-state index in [0.29, 0.717) is 0 Å². The van der Waals surface area contributed by atoms with Crippen molar-refractivity contribution >= 4 is 17.8 Å². The fourth-order valence-corrected chi connectivity index (χ4v) is 3.28. The molecule has 0 heterocycles. The lowest BCUT2D eigenvalue weighted by atomic mass is 9.84. The maximum absolute atomic E-state index is 12.8. The van der Waals surface area contributed by atoms with Gasteiger partial charge in [-0.25, -0.2) is 0 Å². The molecule has 0 radical (unpaired) electrons. The molecule has 1 saturated carbocycles. The Hall–Kier alpha value is -1.59. The summed E-state index contributed by atoms with van der Waals surface area (Å²) in [6.45, 7) is 9.35. The van der Waals surface area contributed by atoms with Crippen LogP contribution in [0.5, 0.6) is 0 Å². The normalized spacial score (nSPS) is 18.5. The van der Waals surface area contributed by atoms with E-state index < -0.39 is 23.3 Å². The molecular formula is C19H34N2O4. The number of carboxylic acid groups (broad SMARTS) is 1. The van der Waals surface area contributed by atoms with E-state index in [4.69, 9.17) is 5.11 Å². The number of amides is 2. The zero-order valence-corrected chi connectivity index (χ0v) is 16.2. The summed E-state index contributed by atoms with van der Waals surface area (Å²) in [5, 5.41) is 14.9. The number of hydrogen-bond donors (Lipinski definition) is 3. The zero-order chi connectivity index (χ0) is 19.2. The molecule has 1 aliphatic carbocycles. The van der Waals surface area contributed by atoms with Crippen LogP contribution in [-0.4, -0.2) is 35.0 Å². The second kappa shape index (κ2) is 9.20. The van der Waals surface area contributed by atoms with Gasteiger partial charge in [0.05, 0.1) is 12.3 Å². The molecule has 6 heteroatoms. The van der Waals surface area contributed by atoms with Crippen molar-refractivity contribution in [1.82, 2.24) is 10.6 Å². The molecule has 0 aromatic carbocycles. The predicted molar refractivity (Wildman–Crippen MR) is 97.0 cm³/mol. The first-order chi connectivity index (χ1) is 11.5. The van der Waals surface area contributed by atoms with Crippen LogP contribution in [-0.2, 0) is 14.4 Å². The van der Waals surface area contributed by atoms with Gasteiger partial charge in [-0.2, -0.15) is 0 Å². The minimum Gasteiger partial charge on any atom is -0.481 e. The largest absolute Gasteiger partial charge is 0.481 e. The molecule has 25 heavy (non-hydrogen) atoms. The summed E-state index contributed by atoms with van der Waals surface area (Å²) in [6, 6.07) is -0.514. The van der Waals surface area contributed by atoms with Gasteiger partial charge < -0.3 is 15.7 Å². The van der Waals surface area contributed by atoms with Crippen LogP contribution in [0.15, 0.2) is 0 Å². The number of hydrogen-bond acceptors (Lipinski definition) is 3. The van der Waals surface area contributed by atoms with Gasteiger partial charge in [-0.15, -0.1) is 0 Å². The summed E-state index contributed by atoms with van der Waals surface area (Å²) in [6.07, 6.45) is 5.16. The average molecular weight is 354 g/mol. The number of carboxylic acids is 1. The smallest absolute Gasteiger partial charge is 0.304 e. The van der Waals surface area contributed by atoms with Crippen LogP contribution in [0, 0.1) is 17.3 Å². The van der Waals surface area contributed by atoms with Gasteiger partial charge in [0, 0.05) is 6.04 Å². The highest BCUT2D eigenvalue weighted by molar-refractivity contribution is 5.90. The fraction of sp³-hybridized carbons (Fsp3) is 0.842. The van der Waals surface area contributed by atoms with Crippen molar-refractivity contribution in [2.45, 2.75) is 85.2 Å². The van der Waals surface area contributed by atoms with E-state index in [9.17, 15) is 14.4 Å². The van der Waals surface area contributed by atoms with Crippen molar-refractivity contribution in [2.24, 2.45) is 17.3 Å². The second-order valence-electron chi connectivity index (χ2n) is 8.60. The van der Waals surface area contributed by atoms with Crippen molar-refractivity contribution in [3.05, 3.63) is 0 Å². The summed E-state index contributed by atoms with van der Waals surface area (Å²) in [5.41, 5.74) is -0.459. The Kier molecular flexibility index (Phi) is 7.90. The van der Waals surface area contributed by atoms with Crippen molar-refractivity contribution in [3.8, 4) is 0 Å². The molecule has 3 N–H and O–H groups in total. The van der Waals surface area contributed by atoms with Crippen molar-refractivity contribution in [3.63, 3.8) is 0 Å². The lowest BCUT2D eigenvalue weighted by Crippen LogP contribution is -2.57. The average Bonchev–Trinajstić information content (AvgIpc) is 2.49. The number of aliphatic carboxylic acids is 1. The molecule has 1 aliphatic rings. The van der Waals surface area contributed by atoms with Crippen LogP contribution in [0.25, 0.3) is 0 Å². The standard InChI is InChI=1S/C19H34N2O4/c1-12(2)14(11-15(22)23)17(24)21-16(19(3,4)5)18(25)20-13-9-7-6-8-10-13/h12-14,16H,6-11H2,1-5H3,(H,20,25)(H,21,24)(H,22,23)/t14-,16?/m0/s1. The first kappa shape index (κ1) is 21.5. The lowest BCUT2D eigenvalue weighted by molar-refractivity contribution is -0.143. The van der Waals surface area contributed by atoms with Gasteiger partial charge >= 0.3 is 5.97 Å². The van der Waals surface area contributed by atoms with Gasteiger partial charge in [0.2, 0.25) is 11.8 Å². The van der Waals surface area contributed by atoms with Crippen LogP contribution in [0.2, 0.25) is 0 Å². The van der Waals surface area contributed by atoms with Crippen LogP contribution < -0.4 is 10.6 Å². The second-order valence-corrected chi connectivity index (χ2v) is 8.60. The minimum absolute atomic E-state index is 0.113. The Labute approximate surface area is 151 Å². The maximum atomic E-state index is 12.8. The predicted octanol–water partition coefficient (Wildman–Crippen LogP) is 2.71.